The van der Waals surface area contributed by atoms with E-state index in [9.17, 15) is 4.79 Å². The molecule has 0 aromatic carbocycles. The summed E-state index contributed by atoms with van der Waals surface area (Å²) in [6.07, 6.45) is 0.984. The van der Waals surface area contributed by atoms with Gasteiger partial charge in [-0.1, -0.05) is 46.2 Å². The summed E-state index contributed by atoms with van der Waals surface area (Å²) < 4.78 is 0. The van der Waals surface area contributed by atoms with E-state index in [1.54, 1.807) is 12.1 Å². The van der Waals surface area contributed by atoms with Gasteiger partial charge in [0.15, 0.2) is 0 Å². The number of amides is 1. The number of rotatable bonds is 7. The van der Waals surface area contributed by atoms with E-state index in [1.807, 2.05) is 0 Å². The van der Waals surface area contributed by atoms with Crippen LogP contribution in [0.4, 0.5) is 5.82 Å². The lowest BCUT2D eigenvalue weighted by molar-refractivity contribution is 0.0924. The van der Waals surface area contributed by atoms with Crippen LogP contribution < -0.4 is 10.6 Å². The lowest BCUT2D eigenvalue weighted by Crippen LogP contribution is -2.37. The first-order valence-corrected chi connectivity index (χ1v) is 7.83. The largest absolute Gasteiger partial charge is 0.370 e. The molecule has 0 bridgehead atoms. The van der Waals surface area contributed by atoms with Crippen LogP contribution in [0.2, 0.25) is 5.15 Å². The average molecular weight is 312 g/mol. The molecule has 0 radical (unpaired) electrons. The lowest BCUT2D eigenvalue weighted by Gasteiger charge is -2.29. The minimum atomic E-state index is -0.118. The van der Waals surface area contributed by atoms with Crippen LogP contribution in [0, 0.1) is 11.3 Å². The second-order valence-corrected chi connectivity index (χ2v) is 6.70. The molecule has 0 saturated carbocycles. The fourth-order valence-corrected chi connectivity index (χ4v) is 1.79. The molecule has 0 aliphatic carbocycles. The maximum atomic E-state index is 12.3. The predicted molar refractivity (Wildman–Crippen MR) is 89.0 cm³/mol. The molecule has 0 aliphatic heterocycles. The van der Waals surface area contributed by atoms with Crippen LogP contribution >= 0.6 is 11.6 Å². The maximum Gasteiger partial charge on any atom is 0.251 e. The number of anilines is 1. The molecule has 1 amide bonds. The molecule has 1 rings (SSSR count). The van der Waals surface area contributed by atoms with E-state index in [1.165, 1.54) is 0 Å². The van der Waals surface area contributed by atoms with E-state index in [-0.39, 0.29) is 11.3 Å². The number of nitrogens with zero attached hydrogens (tertiary/aromatic N) is 1. The van der Waals surface area contributed by atoms with Gasteiger partial charge in [0.2, 0.25) is 0 Å². The van der Waals surface area contributed by atoms with Gasteiger partial charge in [-0.25, -0.2) is 4.98 Å². The van der Waals surface area contributed by atoms with E-state index in [0.29, 0.717) is 29.0 Å². The van der Waals surface area contributed by atoms with Gasteiger partial charge in [0, 0.05) is 18.7 Å². The number of carbonyl (C=O) groups excluding carboxylic acids is 1. The molecular weight excluding hydrogens is 286 g/mol. The number of carbonyl (C=O) groups is 1. The van der Waals surface area contributed by atoms with E-state index in [0.717, 1.165) is 13.0 Å². The Morgan fingerprint density at radius 3 is 2.62 bits per heavy atom. The average Bonchev–Trinajstić information content (AvgIpc) is 2.41. The first-order valence-electron chi connectivity index (χ1n) is 7.46. The smallest absolute Gasteiger partial charge is 0.251 e. The lowest BCUT2D eigenvalue weighted by atomic mass is 9.81. The van der Waals surface area contributed by atoms with Gasteiger partial charge in [0.25, 0.3) is 5.91 Å². The van der Waals surface area contributed by atoms with Crippen LogP contribution in [0.3, 0.4) is 0 Å². The highest BCUT2D eigenvalue weighted by molar-refractivity contribution is 6.29. The number of nitrogens with one attached hydrogen (secondary N) is 2. The molecule has 0 saturated heterocycles. The van der Waals surface area contributed by atoms with Crippen molar-refractivity contribution in [1.29, 1.82) is 0 Å². The van der Waals surface area contributed by atoms with Crippen molar-refractivity contribution >= 4 is 23.3 Å². The monoisotopic (exact) mass is 311 g/mol. The zero-order valence-electron chi connectivity index (χ0n) is 13.6. The van der Waals surface area contributed by atoms with E-state index < -0.39 is 0 Å². The fourth-order valence-electron chi connectivity index (χ4n) is 1.59. The summed E-state index contributed by atoms with van der Waals surface area (Å²) in [5, 5.41) is 6.45. The second kappa shape index (κ2) is 7.64. The molecule has 0 spiro atoms. The quantitative estimate of drug-likeness (QED) is 0.749. The summed E-state index contributed by atoms with van der Waals surface area (Å²) in [6.45, 7) is 12.1. The summed E-state index contributed by atoms with van der Waals surface area (Å²) in [6, 6.07) is 3.33. The normalized spacial score (nSPS) is 11.6. The predicted octanol–water partition coefficient (Wildman–Crippen LogP) is 3.97. The molecule has 4 nitrogen and oxygen atoms in total. The van der Waals surface area contributed by atoms with Crippen molar-refractivity contribution in [2.75, 3.05) is 18.4 Å². The first-order chi connectivity index (χ1) is 9.76. The van der Waals surface area contributed by atoms with Crippen LogP contribution in [0.1, 0.15) is 51.4 Å². The van der Waals surface area contributed by atoms with Crippen LogP contribution in [0.15, 0.2) is 12.1 Å². The second-order valence-electron chi connectivity index (χ2n) is 6.32. The molecule has 118 valence electrons. The van der Waals surface area contributed by atoms with Gasteiger partial charge >= 0.3 is 0 Å². The van der Waals surface area contributed by atoms with Crippen molar-refractivity contribution in [2.45, 2.75) is 41.0 Å². The molecule has 1 heterocycles. The Hall–Kier alpha value is -1.29. The van der Waals surface area contributed by atoms with Gasteiger partial charge in [-0.15, -0.1) is 0 Å². The van der Waals surface area contributed by atoms with Crippen molar-refractivity contribution in [3.05, 3.63) is 22.8 Å². The number of hydrogen-bond donors (Lipinski definition) is 2. The summed E-state index contributed by atoms with van der Waals surface area (Å²) in [5.74, 6) is 1.01. The third kappa shape index (κ3) is 5.54. The van der Waals surface area contributed by atoms with Crippen molar-refractivity contribution in [3.63, 3.8) is 0 Å². The molecule has 0 aliphatic rings. The molecular formula is C16H26ClN3O. The van der Waals surface area contributed by atoms with Crippen LogP contribution in [-0.4, -0.2) is 24.0 Å². The van der Waals surface area contributed by atoms with Crippen molar-refractivity contribution in [1.82, 2.24) is 10.3 Å². The zero-order valence-corrected chi connectivity index (χ0v) is 14.3. The molecule has 2 N–H and O–H groups in total. The van der Waals surface area contributed by atoms with Gasteiger partial charge in [0.05, 0.1) is 0 Å². The fraction of sp³-hybridized carbons (Fsp3) is 0.625. The number of aromatic nitrogens is 1. The Morgan fingerprint density at radius 1 is 1.38 bits per heavy atom. The minimum Gasteiger partial charge on any atom is -0.370 e. The molecule has 1 aromatic rings. The van der Waals surface area contributed by atoms with Gasteiger partial charge in [-0.3, -0.25) is 4.79 Å². The Morgan fingerprint density at radius 2 is 2.05 bits per heavy atom. The zero-order chi connectivity index (χ0) is 16.0. The third-order valence-electron chi connectivity index (χ3n) is 3.88. The Bertz CT molecular complexity index is 486. The van der Waals surface area contributed by atoms with Gasteiger partial charge in [-0.05, 0) is 29.9 Å². The maximum absolute atomic E-state index is 12.3. The molecule has 0 unspecified atom stereocenters. The van der Waals surface area contributed by atoms with Gasteiger partial charge in [-0.2, -0.15) is 0 Å². The molecule has 0 fully saturated rings. The number of pyridine rings is 1. The van der Waals surface area contributed by atoms with Crippen molar-refractivity contribution < 1.29 is 4.79 Å². The van der Waals surface area contributed by atoms with Gasteiger partial charge in [0.1, 0.15) is 11.0 Å². The SMILES string of the molecule is CCCNc1cc(C(=O)NCC(C)(C)C(C)C)cc(Cl)n1. The highest BCUT2D eigenvalue weighted by atomic mass is 35.5. The summed E-state index contributed by atoms with van der Waals surface area (Å²) >= 11 is 5.98. The van der Waals surface area contributed by atoms with Crippen molar-refractivity contribution in [3.8, 4) is 0 Å². The topological polar surface area (TPSA) is 54.0 Å². The number of halogens is 1. The third-order valence-corrected chi connectivity index (χ3v) is 4.07. The Labute approximate surface area is 132 Å². The van der Waals surface area contributed by atoms with E-state index in [2.05, 4.69) is 50.2 Å². The summed E-state index contributed by atoms with van der Waals surface area (Å²) in [7, 11) is 0. The highest BCUT2D eigenvalue weighted by Crippen LogP contribution is 2.25. The highest BCUT2D eigenvalue weighted by Gasteiger charge is 2.23. The first kappa shape index (κ1) is 17.8. The molecule has 21 heavy (non-hydrogen) atoms. The summed E-state index contributed by atoms with van der Waals surface area (Å²) in [5.41, 5.74) is 0.587. The Kier molecular flexibility index (Phi) is 6.46. The standard InChI is InChI=1S/C16H26ClN3O/c1-6-7-18-14-9-12(8-13(17)20-14)15(21)19-10-16(4,5)11(2)3/h8-9,11H,6-7,10H2,1-5H3,(H,18,20)(H,19,21). The van der Waals surface area contributed by atoms with Crippen molar-refractivity contribution in [2.24, 2.45) is 11.3 Å². The van der Waals surface area contributed by atoms with Crippen LogP contribution in [0.25, 0.3) is 0 Å². The Balaban J connectivity index is 2.76. The van der Waals surface area contributed by atoms with Crippen LogP contribution in [-0.2, 0) is 0 Å². The van der Waals surface area contributed by atoms with Gasteiger partial charge < -0.3 is 10.6 Å². The van der Waals surface area contributed by atoms with Crippen LogP contribution in [0.5, 0.6) is 0 Å². The van der Waals surface area contributed by atoms with E-state index in [4.69, 9.17) is 11.6 Å². The molecule has 1 aromatic heterocycles. The summed E-state index contributed by atoms with van der Waals surface area (Å²) in [4.78, 5) is 16.4. The molecule has 0 atom stereocenters. The minimum absolute atomic E-state index is 0.0514. The van der Waals surface area contributed by atoms with E-state index >= 15 is 0 Å². The number of hydrogen-bond acceptors (Lipinski definition) is 3. The molecule has 5 heteroatoms.